The minimum atomic E-state index is -0.402. The molecule has 8 heteroatoms. The van der Waals surface area contributed by atoms with Gasteiger partial charge in [0.2, 0.25) is 5.91 Å². The summed E-state index contributed by atoms with van der Waals surface area (Å²) in [6, 6.07) is 15.5. The molecule has 0 atom stereocenters. The monoisotopic (exact) mass is 412 g/mol. The average molecular weight is 412 g/mol. The SMILES string of the molecule is NCC(=O)Nc1ccc2nc(-c3ccccc3F)nc(-n3ccc4cnccc43)c2c1. The van der Waals surface area contributed by atoms with Crippen molar-refractivity contribution in [3.05, 3.63) is 79.0 Å². The zero-order valence-electron chi connectivity index (χ0n) is 16.3. The van der Waals surface area contributed by atoms with Crippen molar-refractivity contribution >= 4 is 33.4 Å². The maximum atomic E-state index is 14.5. The maximum Gasteiger partial charge on any atom is 0.238 e. The first-order chi connectivity index (χ1) is 15.1. The molecule has 0 fully saturated rings. The molecular formula is C23H17FN6O. The molecule has 0 aliphatic heterocycles. The number of hydrogen-bond acceptors (Lipinski definition) is 5. The summed E-state index contributed by atoms with van der Waals surface area (Å²) in [5.41, 5.74) is 7.81. The van der Waals surface area contributed by atoms with Crippen LogP contribution in [0, 0.1) is 5.82 Å². The number of nitrogens with two attached hydrogens (primary N) is 1. The van der Waals surface area contributed by atoms with Gasteiger partial charge in [-0.25, -0.2) is 14.4 Å². The number of anilines is 1. The fourth-order valence-electron chi connectivity index (χ4n) is 3.52. The van der Waals surface area contributed by atoms with Crippen LogP contribution in [0.15, 0.2) is 73.2 Å². The number of halogens is 1. The summed E-state index contributed by atoms with van der Waals surface area (Å²) in [7, 11) is 0. The molecule has 3 heterocycles. The fraction of sp³-hybridized carbons (Fsp3) is 0.0435. The van der Waals surface area contributed by atoms with Gasteiger partial charge < -0.3 is 15.6 Å². The van der Waals surface area contributed by atoms with Crippen LogP contribution in [-0.4, -0.2) is 32.0 Å². The number of nitrogens with one attached hydrogen (secondary N) is 1. The zero-order valence-corrected chi connectivity index (χ0v) is 16.3. The van der Waals surface area contributed by atoms with E-state index in [1.807, 2.05) is 22.9 Å². The molecule has 0 saturated heterocycles. The summed E-state index contributed by atoms with van der Waals surface area (Å²) in [6.07, 6.45) is 5.34. The summed E-state index contributed by atoms with van der Waals surface area (Å²) in [4.78, 5) is 25.2. The van der Waals surface area contributed by atoms with Crippen LogP contribution < -0.4 is 11.1 Å². The number of carbonyl (C=O) groups excluding carboxylic acids is 1. The van der Waals surface area contributed by atoms with Crippen molar-refractivity contribution in [1.82, 2.24) is 19.5 Å². The Balaban J connectivity index is 1.79. The molecule has 0 aliphatic rings. The van der Waals surface area contributed by atoms with Crippen molar-refractivity contribution in [3.63, 3.8) is 0 Å². The Morgan fingerprint density at radius 2 is 1.97 bits per heavy atom. The molecule has 7 nitrogen and oxygen atoms in total. The molecule has 0 saturated carbocycles. The van der Waals surface area contributed by atoms with Gasteiger partial charge in [0, 0.05) is 35.1 Å². The molecule has 1 amide bonds. The minimum absolute atomic E-state index is 0.122. The van der Waals surface area contributed by atoms with Gasteiger partial charge in [0.25, 0.3) is 0 Å². The molecule has 0 radical (unpaired) electrons. The van der Waals surface area contributed by atoms with Crippen molar-refractivity contribution < 1.29 is 9.18 Å². The topological polar surface area (TPSA) is 98.7 Å². The highest BCUT2D eigenvalue weighted by atomic mass is 19.1. The van der Waals surface area contributed by atoms with Crippen LogP contribution in [0.3, 0.4) is 0 Å². The van der Waals surface area contributed by atoms with Crippen molar-refractivity contribution in [2.45, 2.75) is 0 Å². The standard InChI is InChI=1S/C23H17FN6O/c24-18-4-2-1-3-16(18)22-28-19-6-5-15(27-21(31)12-25)11-17(19)23(29-22)30-10-8-14-13-26-9-7-20(14)30/h1-11,13H,12,25H2,(H,27,31). The highest BCUT2D eigenvalue weighted by Crippen LogP contribution is 2.30. The summed E-state index contributed by atoms with van der Waals surface area (Å²) >= 11 is 0. The predicted molar refractivity (Wildman–Crippen MR) is 117 cm³/mol. The molecule has 152 valence electrons. The van der Waals surface area contributed by atoms with Crippen molar-refractivity contribution in [1.29, 1.82) is 0 Å². The molecule has 3 aromatic heterocycles. The van der Waals surface area contributed by atoms with Crippen molar-refractivity contribution in [3.8, 4) is 17.2 Å². The number of rotatable bonds is 4. The zero-order chi connectivity index (χ0) is 21.4. The van der Waals surface area contributed by atoms with E-state index in [2.05, 4.69) is 15.3 Å². The first-order valence-electron chi connectivity index (χ1n) is 9.62. The molecule has 0 aliphatic carbocycles. The van der Waals surface area contributed by atoms with Gasteiger partial charge in [-0.05, 0) is 42.5 Å². The molecule has 5 aromatic rings. The summed E-state index contributed by atoms with van der Waals surface area (Å²) in [5, 5.41) is 4.39. The summed E-state index contributed by atoms with van der Waals surface area (Å²) in [5.74, 6) is 0.132. The van der Waals surface area contributed by atoms with Gasteiger partial charge in [-0.2, -0.15) is 0 Å². The number of fused-ring (bicyclic) bond motifs is 2. The van der Waals surface area contributed by atoms with Gasteiger partial charge in [0.05, 0.1) is 23.1 Å². The highest BCUT2D eigenvalue weighted by Gasteiger charge is 2.16. The van der Waals surface area contributed by atoms with E-state index in [4.69, 9.17) is 10.7 Å². The Morgan fingerprint density at radius 1 is 1.10 bits per heavy atom. The molecule has 0 bridgehead atoms. The number of pyridine rings is 1. The van der Waals surface area contributed by atoms with Crippen LogP contribution in [0.2, 0.25) is 0 Å². The number of benzene rings is 2. The van der Waals surface area contributed by atoms with Gasteiger partial charge >= 0.3 is 0 Å². The Morgan fingerprint density at radius 3 is 2.81 bits per heavy atom. The summed E-state index contributed by atoms with van der Waals surface area (Å²) < 4.78 is 16.4. The first-order valence-corrected chi connectivity index (χ1v) is 9.62. The van der Waals surface area contributed by atoms with E-state index >= 15 is 0 Å². The highest BCUT2D eigenvalue weighted by molar-refractivity contribution is 5.97. The van der Waals surface area contributed by atoms with Crippen LogP contribution in [0.4, 0.5) is 10.1 Å². The average Bonchev–Trinajstić information content (AvgIpc) is 3.22. The smallest absolute Gasteiger partial charge is 0.238 e. The minimum Gasteiger partial charge on any atom is -0.325 e. The van der Waals surface area contributed by atoms with Crippen LogP contribution in [0.5, 0.6) is 0 Å². The van der Waals surface area contributed by atoms with Crippen LogP contribution in [0.25, 0.3) is 39.0 Å². The Labute approximate surface area is 176 Å². The second kappa shape index (κ2) is 7.58. The lowest BCUT2D eigenvalue weighted by atomic mass is 10.1. The van der Waals surface area contributed by atoms with E-state index in [1.54, 1.807) is 48.8 Å². The summed E-state index contributed by atoms with van der Waals surface area (Å²) in [6.45, 7) is -0.122. The van der Waals surface area contributed by atoms with Gasteiger partial charge in [0.15, 0.2) is 5.82 Å². The third kappa shape index (κ3) is 3.38. The van der Waals surface area contributed by atoms with Gasteiger partial charge in [-0.1, -0.05) is 12.1 Å². The van der Waals surface area contributed by atoms with Gasteiger partial charge in [0.1, 0.15) is 11.6 Å². The molecule has 0 unspecified atom stereocenters. The normalized spacial score (nSPS) is 11.2. The largest absolute Gasteiger partial charge is 0.325 e. The van der Waals surface area contributed by atoms with E-state index in [9.17, 15) is 9.18 Å². The van der Waals surface area contributed by atoms with E-state index < -0.39 is 5.82 Å². The lowest BCUT2D eigenvalue weighted by molar-refractivity contribution is -0.114. The maximum absolute atomic E-state index is 14.5. The quantitative estimate of drug-likeness (QED) is 0.469. The Bertz CT molecular complexity index is 1450. The van der Waals surface area contributed by atoms with Crippen LogP contribution >= 0.6 is 0 Å². The molecular weight excluding hydrogens is 395 g/mol. The first kappa shape index (κ1) is 18.8. The second-order valence-corrected chi connectivity index (χ2v) is 6.96. The van der Waals surface area contributed by atoms with Gasteiger partial charge in [-0.15, -0.1) is 0 Å². The Hall–Kier alpha value is -4.17. The predicted octanol–water partition coefficient (Wildman–Crippen LogP) is 3.67. The van der Waals surface area contributed by atoms with E-state index in [0.717, 1.165) is 10.9 Å². The third-order valence-corrected chi connectivity index (χ3v) is 4.98. The second-order valence-electron chi connectivity index (χ2n) is 6.96. The number of amides is 1. The fourth-order valence-corrected chi connectivity index (χ4v) is 3.52. The number of hydrogen-bond donors (Lipinski definition) is 2. The number of carbonyl (C=O) groups is 1. The number of nitrogens with zero attached hydrogens (tertiary/aromatic N) is 4. The molecule has 3 N–H and O–H groups in total. The van der Waals surface area contributed by atoms with Crippen LogP contribution in [0.1, 0.15) is 0 Å². The van der Waals surface area contributed by atoms with E-state index in [1.165, 1.54) is 6.07 Å². The van der Waals surface area contributed by atoms with Crippen molar-refractivity contribution in [2.24, 2.45) is 5.73 Å². The Kier molecular flexibility index (Phi) is 4.61. The molecule has 2 aromatic carbocycles. The van der Waals surface area contributed by atoms with Gasteiger partial charge in [-0.3, -0.25) is 9.78 Å². The van der Waals surface area contributed by atoms with Crippen molar-refractivity contribution in [2.75, 3.05) is 11.9 Å². The third-order valence-electron chi connectivity index (χ3n) is 4.98. The van der Waals surface area contributed by atoms with Crippen LogP contribution in [-0.2, 0) is 4.79 Å². The molecule has 5 rings (SSSR count). The van der Waals surface area contributed by atoms with E-state index in [-0.39, 0.29) is 18.3 Å². The molecule has 31 heavy (non-hydrogen) atoms. The lowest BCUT2D eigenvalue weighted by Crippen LogP contribution is -2.21. The van der Waals surface area contributed by atoms with E-state index in [0.29, 0.717) is 28.0 Å². The molecule has 0 spiro atoms. The lowest BCUT2D eigenvalue weighted by Gasteiger charge is -2.13. The number of aromatic nitrogens is 4.